The number of hydrogen-bond acceptors (Lipinski definition) is 1. The molecule has 0 N–H and O–H groups in total. The van der Waals surface area contributed by atoms with E-state index in [0.717, 1.165) is 6.42 Å². The second-order valence-corrected chi connectivity index (χ2v) is 4.43. The van der Waals surface area contributed by atoms with E-state index in [2.05, 4.69) is 43.9 Å². The summed E-state index contributed by atoms with van der Waals surface area (Å²) < 4.78 is 0. The minimum absolute atomic E-state index is 1.11. The number of benzene rings is 1. The molecule has 0 fully saturated rings. The summed E-state index contributed by atoms with van der Waals surface area (Å²) in [5.74, 6) is 0. The maximum Gasteiger partial charge on any atom is 0.0285 e. The molecular formula is C12H12S. The van der Waals surface area contributed by atoms with Crippen LogP contribution in [0.4, 0.5) is 0 Å². The lowest BCUT2D eigenvalue weighted by Crippen LogP contribution is -1.87. The van der Waals surface area contributed by atoms with Crippen molar-refractivity contribution in [2.24, 2.45) is 0 Å². The number of thioether (sulfide) groups is 1. The maximum absolute atomic E-state index is 3.24. The van der Waals surface area contributed by atoms with Gasteiger partial charge in [0.15, 0.2) is 0 Å². The fraction of sp³-hybridized carbons (Fsp3) is 0.250. The molecule has 1 aliphatic heterocycles. The molecule has 0 unspecified atom stereocenters. The Hall–Kier alpha value is -0.910. The van der Waals surface area contributed by atoms with E-state index in [4.69, 9.17) is 0 Å². The minimum atomic E-state index is 1.11. The van der Waals surface area contributed by atoms with E-state index >= 15 is 0 Å². The van der Waals surface area contributed by atoms with Crippen LogP contribution in [0.25, 0.3) is 6.08 Å². The van der Waals surface area contributed by atoms with Crippen molar-refractivity contribution >= 4 is 17.8 Å². The molecule has 0 saturated carbocycles. The van der Waals surface area contributed by atoms with Gasteiger partial charge in [0.1, 0.15) is 0 Å². The molecule has 1 heteroatoms. The van der Waals surface area contributed by atoms with Gasteiger partial charge < -0.3 is 0 Å². The molecule has 0 aliphatic carbocycles. The Morgan fingerprint density at radius 1 is 1.38 bits per heavy atom. The highest BCUT2D eigenvalue weighted by Crippen LogP contribution is 2.33. The average molecular weight is 188 g/mol. The molecule has 0 saturated heterocycles. The van der Waals surface area contributed by atoms with Crippen LogP contribution in [0.3, 0.4) is 0 Å². The van der Waals surface area contributed by atoms with E-state index in [-0.39, 0.29) is 0 Å². The predicted molar refractivity (Wildman–Crippen MR) is 58.8 cm³/mol. The second-order valence-electron chi connectivity index (χ2n) is 3.17. The molecule has 0 amide bonds. The summed E-state index contributed by atoms with van der Waals surface area (Å²) in [6.07, 6.45) is 3.19. The highest BCUT2D eigenvalue weighted by atomic mass is 32.2. The van der Waals surface area contributed by atoms with Gasteiger partial charge in [0.05, 0.1) is 0 Å². The molecule has 1 aliphatic rings. The summed E-state index contributed by atoms with van der Waals surface area (Å²) in [5, 5.41) is 0. The van der Waals surface area contributed by atoms with Gasteiger partial charge in [0.2, 0.25) is 0 Å². The van der Waals surface area contributed by atoms with E-state index in [0.29, 0.717) is 0 Å². The van der Waals surface area contributed by atoms with E-state index in [1.165, 1.54) is 20.9 Å². The van der Waals surface area contributed by atoms with Crippen molar-refractivity contribution in [3.8, 4) is 0 Å². The van der Waals surface area contributed by atoms with Gasteiger partial charge in [-0.3, -0.25) is 0 Å². The van der Waals surface area contributed by atoms with Crippen LogP contribution in [0.15, 0.2) is 33.7 Å². The molecule has 0 atom stereocenters. The number of rotatable bonds is 1. The van der Waals surface area contributed by atoms with Crippen molar-refractivity contribution in [1.82, 2.24) is 0 Å². The summed E-state index contributed by atoms with van der Waals surface area (Å²) in [5.41, 5.74) is 5.96. The fourth-order valence-corrected chi connectivity index (χ4v) is 2.22. The fourth-order valence-electron chi connectivity index (χ4n) is 1.40. The first-order chi connectivity index (χ1) is 6.29. The third kappa shape index (κ3) is 1.72. The van der Waals surface area contributed by atoms with Crippen molar-refractivity contribution in [3.63, 3.8) is 0 Å². The number of fused-ring (bicyclic) bond motifs is 1. The van der Waals surface area contributed by atoms with Crippen LogP contribution >= 0.6 is 11.8 Å². The zero-order valence-corrected chi connectivity index (χ0v) is 8.74. The molecule has 0 nitrogen and oxygen atoms in total. The standard InChI is InChI=1S/C12H12S/c1-3-10-5-7-12-11(8-10)6-4-9(2)13-12/h5-8H,3H2,1-2H3. The Morgan fingerprint density at radius 3 is 3.00 bits per heavy atom. The van der Waals surface area contributed by atoms with Gasteiger partial charge in [-0.05, 0) is 36.6 Å². The molecular weight excluding hydrogens is 176 g/mol. The number of allylic oxidation sites excluding steroid dienone is 1. The van der Waals surface area contributed by atoms with Crippen molar-refractivity contribution in [3.05, 3.63) is 40.0 Å². The summed E-state index contributed by atoms with van der Waals surface area (Å²) in [6, 6.07) is 6.67. The van der Waals surface area contributed by atoms with Crippen molar-refractivity contribution < 1.29 is 0 Å². The van der Waals surface area contributed by atoms with Gasteiger partial charge in [-0.15, -0.1) is 5.73 Å². The zero-order chi connectivity index (χ0) is 9.26. The topological polar surface area (TPSA) is 0 Å². The minimum Gasteiger partial charge on any atom is -0.110 e. The Balaban J connectivity index is 2.49. The van der Waals surface area contributed by atoms with Gasteiger partial charge in [0.25, 0.3) is 0 Å². The molecule has 1 aromatic carbocycles. The van der Waals surface area contributed by atoms with Crippen molar-refractivity contribution in [2.75, 3.05) is 0 Å². The van der Waals surface area contributed by atoms with E-state index < -0.39 is 0 Å². The molecule has 66 valence electrons. The third-order valence-electron chi connectivity index (χ3n) is 2.18. The smallest absolute Gasteiger partial charge is 0.0285 e. The Bertz CT molecular complexity index is 396. The number of aryl methyl sites for hydroxylation is 1. The SMILES string of the molecule is CCc1ccc2c(c1)C=C=C(C)S2. The van der Waals surface area contributed by atoms with Gasteiger partial charge in [-0.1, -0.05) is 30.8 Å². The van der Waals surface area contributed by atoms with Gasteiger partial charge in [0, 0.05) is 9.80 Å². The second kappa shape index (κ2) is 3.45. The summed E-state index contributed by atoms with van der Waals surface area (Å²) >= 11 is 1.81. The van der Waals surface area contributed by atoms with Crippen molar-refractivity contribution in [2.45, 2.75) is 25.2 Å². The summed E-state index contributed by atoms with van der Waals surface area (Å²) in [6.45, 7) is 4.28. The summed E-state index contributed by atoms with van der Waals surface area (Å²) in [7, 11) is 0. The average Bonchev–Trinajstić information content (AvgIpc) is 2.17. The molecule has 13 heavy (non-hydrogen) atoms. The predicted octanol–water partition coefficient (Wildman–Crippen LogP) is 3.87. The maximum atomic E-state index is 3.24. The van der Waals surface area contributed by atoms with E-state index in [1.807, 2.05) is 0 Å². The molecule has 1 heterocycles. The van der Waals surface area contributed by atoms with Crippen LogP contribution in [-0.4, -0.2) is 0 Å². The Labute approximate surface area is 83.4 Å². The van der Waals surface area contributed by atoms with E-state index in [9.17, 15) is 0 Å². The third-order valence-corrected chi connectivity index (χ3v) is 3.19. The normalized spacial score (nSPS) is 13.8. The van der Waals surface area contributed by atoms with Crippen LogP contribution in [0, 0.1) is 0 Å². The number of hydrogen-bond donors (Lipinski definition) is 0. The first-order valence-corrected chi connectivity index (χ1v) is 5.35. The van der Waals surface area contributed by atoms with Gasteiger partial charge >= 0.3 is 0 Å². The van der Waals surface area contributed by atoms with Gasteiger partial charge in [-0.25, -0.2) is 0 Å². The lowest BCUT2D eigenvalue weighted by atomic mass is 10.1. The van der Waals surface area contributed by atoms with Crippen LogP contribution in [-0.2, 0) is 6.42 Å². The first-order valence-electron chi connectivity index (χ1n) is 4.53. The quantitative estimate of drug-likeness (QED) is 0.603. The molecule has 2 rings (SSSR count). The van der Waals surface area contributed by atoms with Crippen LogP contribution in [0.1, 0.15) is 25.0 Å². The van der Waals surface area contributed by atoms with Crippen molar-refractivity contribution in [1.29, 1.82) is 0 Å². The summed E-state index contributed by atoms with van der Waals surface area (Å²) in [4.78, 5) is 2.60. The van der Waals surface area contributed by atoms with Gasteiger partial charge in [-0.2, -0.15) is 0 Å². The van der Waals surface area contributed by atoms with Crippen LogP contribution < -0.4 is 0 Å². The lowest BCUT2D eigenvalue weighted by molar-refractivity contribution is 1.13. The molecule has 1 aromatic rings. The Kier molecular flexibility index (Phi) is 2.30. The largest absolute Gasteiger partial charge is 0.110 e. The van der Waals surface area contributed by atoms with E-state index in [1.54, 1.807) is 11.8 Å². The molecule has 0 aromatic heterocycles. The highest BCUT2D eigenvalue weighted by Gasteiger charge is 2.05. The lowest BCUT2D eigenvalue weighted by Gasteiger charge is -2.09. The van der Waals surface area contributed by atoms with Crippen LogP contribution in [0.5, 0.6) is 0 Å². The first kappa shape index (κ1) is 8.68. The molecule has 0 radical (unpaired) electrons. The monoisotopic (exact) mass is 188 g/mol. The Morgan fingerprint density at radius 2 is 2.23 bits per heavy atom. The molecule has 0 bridgehead atoms. The highest BCUT2D eigenvalue weighted by molar-refractivity contribution is 8.03. The zero-order valence-electron chi connectivity index (χ0n) is 7.92. The van der Waals surface area contributed by atoms with Crippen LogP contribution in [0.2, 0.25) is 0 Å². The molecule has 0 spiro atoms.